The summed E-state index contributed by atoms with van der Waals surface area (Å²) in [6, 6.07) is 9.65. The topological polar surface area (TPSA) is 18.5 Å². The van der Waals surface area contributed by atoms with E-state index in [-0.39, 0.29) is 0 Å². The zero-order chi connectivity index (χ0) is 13.8. The highest BCUT2D eigenvalue weighted by Gasteiger charge is 2.05. The Labute approximate surface area is 131 Å². The molecule has 0 bridgehead atoms. The Balaban J connectivity index is 1.96. The van der Waals surface area contributed by atoms with Crippen LogP contribution in [-0.4, -0.2) is 7.69 Å². The minimum atomic E-state index is 0.464. The van der Waals surface area contributed by atoms with Crippen LogP contribution in [0.1, 0.15) is 0 Å². The lowest BCUT2D eigenvalue weighted by molar-refractivity contribution is 0.459. The van der Waals surface area contributed by atoms with Gasteiger partial charge in [-0.25, -0.2) is 0 Å². The average Bonchev–Trinajstić information content (AvgIpc) is 2.26. The standard InChI is InChI=1S/C12H6BCl4O2/c14-7-1-8(15)4-11(3-7)18-13-19-12-5-9(16)2-10(17)6-12/h1-6H. The second-order valence-corrected chi connectivity index (χ2v) is 5.29. The van der Waals surface area contributed by atoms with Gasteiger partial charge in [0.25, 0.3) is 0 Å². The van der Waals surface area contributed by atoms with Crippen LogP contribution < -0.4 is 9.31 Å². The molecule has 19 heavy (non-hydrogen) atoms. The smallest absolute Gasteiger partial charge is 0.526 e. The number of hydrogen-bond donors (Lipinski definition) is 0. The van der Waals surface area contributed by atoms with Crippen molar-refractivity contribution in [1.29, 1.82) is 0 Å². The first-order valence-electron chi connectivity index (χ1n) is 5.10. The van der Waals surface area contributed by atoms with Crippen molar-refractivity contribution in [3.63, 3.8) is 0 Å². The summed E-state index contributed by atoms with van der Waals surface area (Å²) in [6.07, 6.45) is 0. The van der Waals surface area contributed by atoms with Crippen LogP contribution in [0.3, 0.4) is 0 Å². The second kappa shape index (κ2) is 6.62. The summed E-state index contributed by atoms with van der Waals surface area (Å²) >= 11 is 23.3. The number of hydrogen-bond acceptors (Lipinski definition) is 2. The van der Waals surface area contributed by atoms with Gasteiger partial charge in [-0.05, 0) is 36.4 Å². The third-order valence-corrected chi connectivity index (χ3v) is 2.91. The molecule has 0 aliphatic rings. The quantitative estimate of drug-likeness (QED) is 0.707. The zero-order valence-corrected chi connectivity index (χ0v) is 12.4. The van der Waals surface area contributed by atoms with Crippen LogP contribution in [0.4, 0.5) is 0 Å². The normalized spacial score (nSPS) is 10.1. The van der Waals surface area contributed by atoms with Gasteiger partial charge in [-0.2, -0.15) is 0 Å². The third kappa shape index (κ3) is 4.70. The molecule has 2 rings (SSSR count). The first-order chi connectivity index (χ1) is 9.02. The van der Waals surface area contributed by atoms with Crippen LogP contribution in [0.25, 0.3) is 0 Å². The van der Waals surface area contributed by atoms with Gasteiger partial charge in [0.2, 0.25) is 0 Å². The fourth-order valence-electron chi connectivity index (χ4n) is 1.33. The summed E-state index contributed by atoms with van der Waals surface area (Å²) < 4.78 is 10.5. The van der Waals surface area contributed by atoms with Crippen LogP contribution in [-0.2, 0) is 0 Å². The van der Waals surface area contributed by atoms with Crippen LogP contribution in [0.15, 0.2) is 36.4 Å². The van der Waals surface area contributed by atoms with Crippen molar-refractivity contribution in [1.82, 2.24) is 0 Å². The van der Waals surface area contributed by atoms with Crippen molar-refractivity contribution in [3.8, 4) is 11.5 Å². The van der Waals surface area contributed by atoms with Gasteiger partial charge in [-0.3, -0.25) is 0 Å². The minimum absolute atomic E-state index is 0.464. The van der Waals surface area contributed by atoms with E-state index in [1.807, 2.05) is 0 Å². The van der Waals surface area contributed by atoms with Crippen molar-refractivity contribution in [3.05, 3.63) is 56.5 Å². The number of rotatable bonds is 4. The fourth-order valence-corrected chi connectivity index (χ4v) is 2.34. The van der Waals surface area contributed by atoms with Crippen LogP contribution in [0.2, 0.25) is 20.1 Å². The van der Waals surface area contributed by atoms with E-state index in [9.17, 15) is 0 Å². The Kier molecular flexibility index (Phi) is 5.11. The molecule has 0 atom stereocenters. The number of halogens is 4. The summed E-state index contributed by atoms with van der Waals surface area (Å²) in [5.41, 5.74) is 0. The van der Waals surface area contributed by atoms with E-state index in [1.165, 1.54) is 0 Å². The maximum atomic E-state index is 5.83. The van der Waals surface area contributed by atoms with E-state index in [1.54, 1.807) is 36.4 Å². The average molecular weight is 335 g/mol. The van der Waals surface area contributed by atoms with Crippen molar-refractivity contribution < 1.29 is 9.31 Å². The molecule has 0 heterocycles. The lowest BCUT2D eigenvalue weighted by atomic mass is 10.3. The molecule has 0 spiro atoms. The predicted molar refractivity (Wildman–Crippen MR) is 79.9 cm³/mol. The highest BCUT2D eigenvalue weighted by Crippen LogP contribution is 2.25. The Hall–Kier alpha value is -0.735. The zero-order valence-electron chi connectivity index (χ0n) is 9.37. The predicted octanol–water partition coefficient (Wildman–Crippen LogP) is 5.29. The molecule has 0 saturated carbocycles. The lowest BCUT2D eigenvalue weighted by Gasteiger charge is -2.08. The number of benzene rings is 2. The molecule has 0 unspecified atom stereocenters. The third-order valence-electron chi connectivity index (χ3n) is 2.04. The van der Waals surface area contributed by atoms with Crippen molar-refractivity contribution in [2.45, 2.75) is 0 Å². The first kappa shape index (κ1) is 14.7. The van der Waals surface area contributed by atoms with E-state index >= 15 is 0 Å². The monoisotopic (exact) mass is 333 g/mol. The van der Waals surface area contributed by atoms with Gasteiger partial charge in [0.1, 0.15) is 11.5 Å². The molecule has 0 aliphatic carbocycles. The molecule has 0 N–H and O–H groups in total. The van der Waals surface area contributed by atoms with Crippen molar-refractivity contribution >= 4 is 54.1 Å². The summed E-state index contributed by atoms with van der Waals surface area (Å²) in [5.74, 6) is 0.927. The molecule has 0 amide bonds. The van der Waals surface area contributed by atoms with Crippen LogP contribution >= 0.6 is 46.4 Å². The summed E-state index contributed by atoms with van der Waals surface area (Å²) in [5, 5.41) is 1.90. The minimum Gasteiger partial charge on any atom is -0.526 e. The molecule has 7 heteroatoms. The van der Waals surface area contributed by atoms with E-state index in [0.717, 1.165) is 7.69 Å². The van der Waals surface area contributed by atoms with Gasteiger partial charge >= 0.3 is 7.69 Å². The maximum Gasteiger partial charge on any atom is 0.658 e. The molecule has 2 nitrogen and oxygen atoms in total. The molecule has 0 fully saturated rings. The SMILES string of the molecule is Clc1cc(Cl)cc(O[B]Oc2cc(Cl)cc(Cl)c2)c1. The largest absolute Gasteiger partial charge is 0.658 e. The highest BCUT2D eigenvalue weighted by atomic mass is 35.5. The van der Waals surface area contributed by atoms with Gasteiger partial charge in [-0.1, -0.05) is 46.4 Å². The molecule has 1 radical (unpaired) electrons. The Bertz CT molecular complexity index is 500. The Morgan fingerprint density at radius 2 is 0.895 bits per heavy atom. The summed E-state index contributed by atoms with van der Waals surface area (Å²) in [4.78, 5) is 0. The Morgan fingerprint density at radius 1 is 0.579 bits per heavy atom. The first-order valence-corrected chi connectivity index (χ1v) is 6.61. The fraction of sp³-hybridized carbons (Fsp3) is 0. The van der Waals surface area contributed by atoms with Gasteiger partial charge in [0.15, 0.2) is 0 Å². The Morgan fingerprint density at radius 3 is 1.21 bits per heavy atom. The van der Waals surface area contributed by atoms with E-state index in [2.05, 4.69) is 0 Å². The van der Waals surface area contributed by atoms with E-state index < -0.39 is 0 Å². The maximum absolute atomic E-state index is 5.83. The van der Waals surface area contributed by atoms with Gasteiger partial charge < -0.3 is 9.31 Å². The molecular formula is C12H6BCl4O2. The molecule has 0 aromatic heterocycles. The van der Waals surface area contributed by atoms with Gasteiger partial charge in [-0.15, -0.1) is 0 Å². The van der Waals surface area contributed by atoms with Crippen LogP contribution in [0, 0.1) is 0 Å². The molecular weight excluding hydrogens is 329 g/mol. The van der Waals surface area contributed by atoms with Crippen molar-refractivity contribution in [2.24, 2.45) is 0 Å². The van der Waals surface area contributed by atoms with E-state index in [4.69, 9.17) is 55.7 Å². The van der Waals surface area contributed by atoms with Gasteiger partial charge in [0, 0.05) is 20.1 Å². The summed E-state index contributed by atoms with van der Waals surface area (Å²) in [6.45, 7) is 0. The lowest BCUT2D eigenvalue weighted by Crippen LogP contribution is -2.10. The van der Waals surface area contributed by atoms with E-state index in [0.29, 0.717) is 31.6 Å². The molecule has 0 aliphatic heterocycles. The van der Waals surface area contributed by atoms with Gasteiger partial charge in [0.05, 0.1) is 0 Å². The van der Waals surface area contributed by atoms with Crippen molar-refractivity contribution in [2.75, 3.05) is 0 Å². The van der Waals surface area contributed by atoms with Crippen LogP contribution in [0.5, 0.6) is 11.5 Å². The molecule has 2 aromatic rings. The molecule has 2 aromatic carbocycles. The highest BCUT2D eigenvalue weighted by molar-refractivity contribution is 6.35. The molecule has 97 valence electrons. The molecule has 0 saturated heterocycles. The second-order valence-electron chi connectivity index (χ2n) is 3.54. The summed E-state index contributed by atoms with van der Waals surface area (Å²) in [7, 11) is 1.14.